The molecule has 2 atom stereocenters. The van der Waals surface area contributed by atoms with E-state index >= 15 is 0 Å². The van der Waals surface area contributed by atoms with Gasteiger partial charge in [0.15, 0.2) is 6.20 Å². The Labute approximate surface area is 109 Å². The zero-order chi connectivity index (χ0) is 14.0. The lowest BCUT2D eigenvalue weighted by Crippen LogP contribution is -2.18. The number of hydrogen-bond acceptors (Lipinski definition) is 5. The number of carboxylic acid groups (broad SMARTS) is 1. The summed E-state index contributed by atoms with van der Waals surface area (Å²) in [6.45, 7) is 2.15. The smallest absolute Gasteiger partial charge is 0.364 e. The van der Waals surface area contributed by atoms with E-state index < -0.39 is 16.7 Å². The highest BCUT2D eigenvalue weighted by molar-refractivity contribution is 5.94. The van der Waals surface area contributed by atoms with Gasteiger partial charge in [-0.3, -0.25) is 0 Å². The van der Waals surface area contributed by atoms with Crippen LogP contribution in [0.3, 0.4) is 0 Å². The number of carboxylic acids is 1. The van der Waals surface area contributed by atoms with Gasteiger partial charge in [0.1, 0.15) is 0 Å². The maximum Gasteiger partial charge on any atom is 0.364 e. The lowest BCUT2D eigenvalue weighted by Gasteiger charge is -2.14. The zero-order valence-corrected chi connectivity index (χ0v) is 10.5. The second-order valence-corrected chi connectivity index (χ2v) is 4.91. The van der Waals surface area contributed by atoms with E-state index in [1.165, 1.54) is 6.20 Å². The minimum absolute atomic E-state index is 0.110. The number of pyridine rings is 1. The van der Waals surface area contributed by atoms with E-state index in [9.17, 15) is 14.9 Å². The van der Waals surface area contributed by atoms with Crippen LogP contribution in [0.5, 0.6) is 0 Å². The van der Waals surface area contributed by atoms with Crippen LogP contribution < -0.4 is 5.32 Å². The second-order valence-electron chi connectivity index (χ2n) is 4.91. The lowest BCUT2D eigenvalue weighted by molar-refractivity contribution is -0.389. The first-order valence-corrected chi connectivity index (χ1v) is 6.11. The first-order valence-electron chi connectivity index (χ1n) is 6.11. The van der Waals surface area contributed by atoms with Gasteiger partial charge in [0.05, 0.1) is 17.3 Å². The van der Waals surface area contributed by atoms with Crippen molar-refractivity contribution >= 4 is 17.5 Å². The van der Waals surface area contributed by atoms with Crippen LogP contribution in [0.4, 0.5) is 11.5 Å². The molecule has 1 aliphatic rings. The molecule has 0 spiro atoms. The Balaban J connectivity index is 2.24. The van der Waals surface area contributed by atoms with Crippen molar-refractivity contribution in [3.05, 3.63) is 27.9 Å². The third kappa shape index (κ3) is 2.98. The number of aromatic nitrogens is 1. The Morgan fingerprint density at radius 3 is 2.84 bits per heavy atom. The summed E-state index contributed by atoms with van der Waals surface area (Å²) in [4.78, 5) is 24.7. The molecule has 0 aliphatic heterocycles. The third-order valence-corrected chi connectivity index (χ3v) is 3.36. The van der Waals surface area contributed by atoms with E-state index in [0.29, 0.717) is 11.6 Å². The summed E-state index contributed by atoms with van der Waals surface area (Å²) in [6, 6.07) is 1.19. The van der Waals surface area contributed by atoms with E-state index in [0.717, 1.165) is 25.3 Å². The molecule has 0 amide bonds. The monoisotopic (exact) mass is 265 g/mol. The van der Waals surface area contributed by atoms with Gasteiger partial charge in [-0.1, -0.05) is 6.92 Å². The van der Waals surface area contributed by atoms with Crippen LogP contribution in [0, 0.1) is 16.0 Å². The Hall–Kier alpha value is -2.18. The summed E-state index contributed by atoms with van der Waals surface area (Å²) in [5.41, 5.74) is 0.235. The van der Waals surface area contributed by atoms with Crippen molar-refractivity contribution in [3.63, 3.8) is 0 Å². The van der Waals surface area contributed by atoms with Crippen molar-refractivity contribution < 1.29 is 14.8 Å². The second kappa shape index (κ2) is 5.21. The molecule has 0 aromatic carbocycles. The van der Waals surface area contributed by atoms with Crippen LogP contribution in [0.2, 0.25) is 0 Å². The average Bonchev–Trinajstić information content (AvgIpc) is 2.74. The fourth-order valence-electron chi connectivity index (χ4n) is 2.39. The van der Waals surface area contributed by atoms with Gasteiger partial charge in [0, 0.05) is 6.04 Å². The molecule has 1 aromatic rings. The van der Waals surface area contributed by atoms with Gasteiger partial charge >= 0.3 is 11.8 Å². The predicted octanol–water partition coefficient (Wildman–Crippen LogP) is 2.29. The van der Waals surface area contributed by atoms with Gasteiger partial charge in [-0.2, -0.15) is 0 Å². The standard InChI is InChI=1S/C12H15N3O4/c1-7-2-3-8(4-7)14-10-6-13-11(15(18)19)5-9(10)12(16)17/h5-8,14H,2-4H2,1H3,(H,16,17). The molecule has 2 unspecified atom stereocenters. The number of nitrogens with zero attached hydrogens (tertiary/aromatic N) is 2. The van der Waals surface area contributed by atoms with Gasteiger partial charge < -0.3 is 20.5 Å². The Morgan fingerprint density at radius 2 is 2.32 bits per heavy atom. The van der Waals surface area contributed by atoms with Crippen molar-refractivity contribution in [2.24, 2.45) is 5.92 Å². The summed E-state index contributed by atoms with van der Waals surface area (Å²) >= 11 is 0. The molecular weight excluding hydrogens is 250 g/mol. The summed E-state index contributed by atoms with van der Waals surface area (Å²) in [5, 5.41) is 22.8. The van der Waals surface area contributed by atoms with Gasteiger partial charge in [0.2, 0.25) is 0 Å². The molecule has 1 aliphatic carbocycles. The van der Waals surface area contributed by atoms with Gasteiger partial charge in [-0.15, -0.1) is 0 Å². The molecule has 1 aromatic heterocycles. The van der Waals surface area contributed by atoms with Crippen LogP contribution in [0.25, 0.3) is 0 Å². The number of nitro groups is 1. The molecule has 0 radical (unpaired) electrons. The topological polar surface area (TPSA) is 105 Å². The third-order valence-electron chi connectivity index (χ3n) is 3.36. The summed E-state index contributed by atoms with van der Waals surface area (Å²) in [5.74, 6) is -1.04. The van der Waals surface area contributed by atoms with Crippen LogP contribution in [0.15, 0.2) is 12.3 Å². The Bertz CT molecular complexity index is 518. The van der Waals surface area contributed by atoms with Crippen LogP contribution in [-0.2, 0) is 0 Å². The molecule has 0 saturated heterocycles. The van der Waals surface area contributed by atoms with E-state index in [4.69, 9.17) is 5.11 Å². The van der Waals surface area contributed by atoms with E-state index in [1.54, 1.807) is 0 Å². The molecule has 0 bridgehead atoms. The predicted molar refractivity (Wildman–Crippen MR) is 68.3 cm³/mol. The normalized spacial score (nSPS) is 22.2. The maximum absolute atomic E-state index is 11.1. The van der Waals surface area contributed by atoms with E-state index in [1.807, 2.05) is 0 Å². The van der Waals surface area contributed by atoms with Crippen molar-refractivity contribution in [1.82, 2.24) is 4.98 Å². The molecule has 1 saturated carbocycles. The lowest BCUT2D eigenvalue weighted by atomic mass is 10.1. The minimum Gasteiger partial charge on any atom is -0.478 e. The quantitative estimate of drug-likeness (QED) is 0.639. The van der Waals surface area contributed by atoms with Crippen LogP contribution in [-0.4, -0.2) is 27.0 Å². The Kier molecular flexibility index (Phi) is 3.64. The van der Waals surface area contributed by atoms with E-state index in [-0.39, 0.29) is 11.6 Å². The molecule has 102 valence electrons. The highest BCUT2D eigenvalue weighted by Crippen LogP contribution is 2.29. The van der Waals surface area contributed by atoms with Crippen molar-refractivity contribution in [1.29, 1.82) is 0 Å². The maximum atomic E-state index is 11.1. The average molecular weight is 265 g/mol. The number of anilines is 1. The first-order chi connectivity index (χ1) is 8.97. The number of hydrogen-bond donors (Lipinski definition) is 2. The molecule has 2 N–H and O–H groups in total. The fourth-order valence-corrected chi connectivity index (χ4v) is 2.39. The number of carbonyl (C=O) groups is 1. The molecule has 7 heteroatoms. The molecular formula is C12H15N3O4. The van der Waals surface area contributed by atoms with Gasteiger partial charge in [-0.05, 0) is 35.1 Å². The molecule has 1 fully saturated rings. The Morgan fingerprint density at radius 1 is 1.58 bits per heavy atom. The largest absolute Gasteiger partial charge is 0.478 e. The van der Waals surface area contributed by atoms with Crippen molar-refractivity contribution in [3.8, 4) is 0 Å². The van der Waals surface area contributed by atoms with Gasteiger partial charge in [0.25, 0.3) is 0 Å². The molecule has 19 heavy (non-hydrogen) atoms. The number of aromatic carboxylic acids is 1. The molecule has 7 nitrogen and oxygen atoms in total. The van der Waals surface area contributed by atoms with Gasteiger partial charge in [-0.25, -0.2) is 4.79 Å². The highest BCUT2D eigenvalue weighted by atomic mass is 16.6. The van der Waals surface area contributed by atoms with E-state index in [2.05, 4.69) is 17.2 Å². The minimum atomic E-state index is -1.20. The molecule has 1 heterocycles. The SMILES string of the molecule is CC1CCC(Nc2cnc([N+](=O)[O-])cc2C(=O)O)C1. The fraction of sp³-hybridized carbons (Fsp3) is 0.500. The summed E-state index contributed by atoms with van der Waals surface area (Å²) in [7, 11) is 0. The van der Waals surface area contributed by atoms with Crippen molar-refractivity contribution in [2.75, 3.05) is 5.32 Å². The summed E-state index contributed by atoms with van der Waals surface area (Å²) in [6.07, 6.45) is 4.26. The number of nitrogens with one attached hydrogen (secondary N) is 1. The first kappa shape index (κ1) is 13.3. The van der Waals surface area contributed by atoms with Crippen molar-refractivity contribution in [2.45, 2.75) is 32.2 Å². The summed E-state index contributed by atoms with van der Waals surface area (Å²) < 4.78 is 0. The molecule has 2 rings (SSSR count). The zero-order valence-electron chi connectivity index (χ0n) is 10.5. The van der Waals surface area contributed by atoms with Crippen LogP contribution in [0.1, 0.15) is 36.5 Å². The highest BCUT2D eigenvalue weighted by Gasteiger charge is 2.24. The van der Waals surface area contributed by atoms with Crippen LogP contribution >= 0.6 is 0 Å². The number of rotatable bonds is 4.